The average molecular weight is 300 g/mol. The molecule has 0 N–H and O–H groups in total. The number of nitroso groups, excluding NO2 is 1. The summed E-state index contributed by atoms with van der Waals surface area (Å²) >= 11 is 1.45. The molecule has 21 heavy (non-hydrogen) atoms. The van der Waals surface area contributed by atoms with E-state index in [-0.39, 0.29) is 5.69 Å². The van der Waals surface area contributed by atoms with Gasteiger partial charge in [-0.15, -0.1) is 16.2 Å². The van der Waals surface area contributed by atoms with Crippen LogP contribution in [0.4, 0.5) is 5.69 Å². The fourth-order valence-electron chi connectivity index (χ4n) is 2.14. The van der Waals surface area contributed by atoms with Gasteiger partial charge in [0.05, 0.1) is 14.2 Å². The van der Waals surface area contributed by atoms with Crippen LogP contribution in [-0.2, 0) is 0 Å². The zero-order valence-electron chi connectivity index (χ0n) is 11.5. The van der Waals surface area contributed by atoms with Crippen LogP contribution in [0, 0.1) is 4.91 Å². The van der Waals surface area contributed by atoms with Gasteiger partial charge in [-0.25, -0.2) is 4.98 Å². The highest BCUT2D eigenvalue weighted by Gasteiger charge is 2.19. The van der Waals surface area contributed by atoms with Crippen molar-refractivity contribution in [2.45, 2.75) is 0 Å². The predicted molar refractivity (Wildman–Crippen MR) is 83.6 cm³/mol. The van der Waals surface area contributed by atoms with Crippen LogP contribution in [0.3, 0.4) is 0 Å². The van der Waals surface area contributed by atoms with E-state index in [1.807, 2.05) is 30.3 Å². The summed E-state index contributed by atoms with van der Waals surface area (Å²) in [5.41, 5.74) is 1.89. The third kappa shape index (κ3) is 2.23. The van der Waals surface area contributed by atoms with Gasteiger partial charge in [-0.2, -0.15) is 0 Å². The van der Waals surface area contributed by atoms with Gasteiger partial charge in [-0.3, -0.25) is 0 Å². The molecule has 2 aromatic carbocycles. The Balaban J connectivity index is 2.31. The standard InChI is InChI=1S/C15H12N2O3S/c1-19-11-8-10(17-18)13(20-2)14-12(11)16-15(21-14)9-6-4-3-5-7-9/h3-8H,1-2H3. The number of hydrogen-bond acceptors (Lipinski definition) is 6. The molecule has 6 heteroatoms. The van der Waals surface area contributed by atoms with Gasteiger partial charge in [-0.05, 0) is 5.18 Å². The number of methoxy groups -OCH3 is 2. The van der Waals surface area contributed by atoms with Gasteiger partial charge in [0.2, 0.25) is 0 Å². The third-order valence-corrected chi connectivity index (χ3v) is 4.21. The molecule has 0 aliphatic rings. The van der Waals surface area contributed by atoms with Crippen molar-refractivity contribution < 1.29 is 9.47 Å². The Morgan fingerprint density at radius 2 is 1.90 bits per heavy atom. The first-order valence-corrected chi connectivity index (χ1v) is 7.04. The largest absolute Gasteiger partial charge is 0.494 e. The Morgan fingerprint density at radius 1 is 1.14 bits per heavy atom. The first kappa shape index (κ1) is 13.5. The van der Waals surface area contributed by atoms with Gasteiger partial charge >= 0.3 is 0 Å². The molecule has 5 nitrogen and oxygen atoms in total. The topological polar surface area (TPSA) is 60.8 Å². The number of aromatic nitrogens is 1. The van der Waals surface area contributed by atoms with E-state index in [0.717, 1.165) is 15.3 Å². The highest BCUT2D eigenvalue weighted by Crippen LogP contribution is 2.45. The van der Waals surface area contributed by atoms with Crippen LogP contribution in [0.1, 0.15) is 0 Å². The van der Waals surface area contributed by atoms with Crippen LogP contribution in [0.15, 0.2) is 41.6 Å². The molecule has 0 atom stereocenters. The van der Waals surface area contributed by atoms with Gasteiger partial charge in [0.25, 0.3) is 0 Å². The lowest BCUT2D eigenvalue weighted by molar-refractivity contribution is 0.411. The first-order chi connectivity index (χ1) is 10.3. The van der Waals surface area contributed by atoms with Crippen LogP contribution >= 0.6 is 11.3 Å². The molecule has 1 heterocycles. The lowest BCUT2D eigenvalue weighted by atomic mass is 10.2. The highest BCUT2D eigenvalue weighted by atomic mass is 32.1. The zero-order chi connectivity index (χ0) is 14.8. The van der Waals surface area contributed by atoms with Gasteiger partial charge in [-0.1, -0.05) is 30.3 Å². The minimum absolute atomic E-state index is 0.213. The van der Waals surface area contributed by atoms with Crippen molar-refractivity contribution in [3.05, 3.63) is 41.3 Å². The molecular formula is C15H12N2O3S. The van der Waals surface area contributed by atoms with Crippen LogP contribution in [0.2, 0.25) is 0 Å². The smallest absolute Gasteiger partial charge is 0.167 e. The molecule has 0 amide bonds. The summed E-state index contributed by atoms with van der Waals surface area (Å²) in [5.74, 6) is 0.944. The fraction of sp³-hybridized carbons (Fsp3) is 0.133. The van der Waals surface area contributed by atoms with Crippen molar-refractivity contribution >= 4 is 27.2 Å². The summed E-state index contributed by atoms with van der Waals surface area (Å²) in [5, 5.41) is 3.84. The Labute approximate surface area is 125 Å². The molecule has 3 aromatic rings. The number of benzene rings is 2. The van der Waals surface area contributed by atoms with E-state index in [1.165, 1.54) is 25.6 Å². The second kappa shape index (κ2) is 5.49. The molecule has 0 saturated heterocycles. The highest BCUT2D eigenvalue weighted by molar-refractivity contribution is 7.22. The molecule has 0 radical (unpaired) electrons. The number of ether oxygens (including phenoxy) is 2. The Morgan fingerprint density at radius 3 is 2.52 bits per heavy atom. The maximum atomic E-state index is 11.0. The van der Waals surface area contributed by atoms with E-state index < -0.39 is 0 Å². The normalized spacial score (nSPS) is 10.6. The average Bonchev–Trinajstić information content (AvgIpc) is 2.99. The maximum absolute atomic E-state index is 11.0. The SMILES string of the molecule is COc1cc(N=O)c(OC)c2sc(-c3ccccc3)nc12. The Kier molecular flexibility index (Phi) is 3.53. The van der Waals surface area contributed by atoms with E-state index in [0.29, 0.717) is 17.0 Å². The van der Waals surface area contributed by atoms with Crippen molar-refractivity contribution in [3.63, 3.8) is 0 Å². The van der Waals surface area contributed by atoms with Crippen molar-refractivity contribution in [3.8, 4) is 22.1 Å². The van der Waals surface area contributed by atoms with Crippen molar-refractivity contribution in [2.24, 2.45) is 5.18 Å². The van der Waals surface area contributed by atoms with Gasteiger partial charge in [0, 0.05) is 11.6 Å². The van der Waals surface area contributed by atoms with Crippen LogP contribution in [0.5, 0.6) is 11.5 Å². The zero-order valence-corrected chi connectivity index (χ0v) is 12.3. The monoisotopic (exact) mass is 300 g/mol. The molecule has 0 saturated carbocycles. The minimum Gasteiger partial charge on any atom is -0.494 e. The van der Waals surface area contributed by atoms with Gasteiger partial charge < -0.3 is 9.47 Å². The van der Waals surface area contributed by atoms with E-state index in [4.69, 9.17) is 9.47 Å². The second-order valence-corrected chi connectivity index (χ2v) is 5.28. The molecule has 0 aliphatic heterocycles. The van der Waals surface area contributed by atoms with Gasteiger partial charge in [0.15, 0.2) is 11.4 Å². The molecule has 106 valence electrons. The maximum Gasteiger partial charge on any atom is 0.167 e. The number of hydrogen-bond donors (Lipinski definition) is 0. The van der Waals surface area contributed by atoms with Crippen molar-refractivity contribution in [1.29, 1.82) is 0 Å². The summed E-state index contributed by atoms with van der Waals surface area (Å²) in [6.07, 6.45) is 0. The lowest BCUT2D eigenvalue weighted by Gasteiger charge is -2.06. The molecule has 0 unspecified atom stereocenters. The van der Waals surface area contributed by atoms with Crippen LogP contribution < -0.4 is 9.47 Å². The fourth-order valence-corrected chi connectivity index (χ4v) is 3.25. The summed E-state index contributed by atoms with van der Waals surface area (Å²) < 4.78 is 11.4. The van der Waals surface area contributed by atoms with Crippen LogP contribution in [0.25, 0.3) is 20.8 Å². The summed E-state index contributed by atoms with van der Waals surface area (Å²) in [6.45, 7) is 0. The molecule has 0 aliphatic carbocycles. The minimum atomic E-state index is 0.213. The van der Waals surface area contributed by atoms with E-state index >= 15 is 0 Å². The summed E-state index contributed by atoms with van der Waals surface area (Å²) in [6, 6.07) is 11.4. The summed E-state index contributed by atoms with van der Waals surface area (Å²) in [4.78, 5) is 15.6. The van der Waals surface area contributed by atoms with Crippen LogP contribution in [-0.4, -0.2) is 19.2 Å². The number of nitrogens with zero attached hydrogens (tertiary/aromatic N) is 2. The predicted octanol–water partition coefficient (Wildman–Crippen LogP) is 4.38. The molecule has 0 fully saturated rings. The second-order valence-electron chi connectivity index (χ2n) is 4.29. The third-order valence-electron chi connectivity index (χ3n) is 3.11. The quantitative estimate of drug-likeness (QED) is 0.671. The lowest BCUT2D eigenvalue weighted by Crippen LogP contribution is -1.88. The molecule has 1 aromatic heterocycles. The molecule has 0 spiro atoms. The Hall–Kier alpha value is -2.47. The van der Waals surface area contributed by atoms with E-state index in [2.05, 4.69) is 10.2 Å². The number of fused-ring (bicyclic) bond motifs is 1. The Bertz CT molecular complexity index is 800. The molecule has 3 rings (SSSR count). The van der Waals surface area contributed by atoms with E-state index in [9.17, 15) is 4.91 Å². The number of thiazole rings is 1. The molecular weight excluding hydrogens is 288 g/mol. The number of rotatable bonds is 4. The first-order valence-electron chi connectivity index (χ1n) is 6.22. The summed E-state index contributed by atoms with van der Waals surface area (Å²) in [7, 11) is 3.05. The van der Waals surface area contributed by atoms with Crippen molar-refractivity contribution in [1.82, 2.24) is 4.98 Å². The van der Waals surface area contributed by atoms with Crippen molar-refractivity contribution in [2.75, 3.05) is 14.2 Å². The van der Waals surface area contributed by atoms with E-state index in [1.54, 1.807) is 6.07 Å². The van der Waals surface area contributed by atoms with Gasteiger partial charge in [0.1, 0.15) is 21.0 Å². The molecule has 0 bridgehead atoms.